The summed E-state index contributed by atoms with van der Waals surface area (Å²) in [6.45, 7) is 3.78. The van der Waals surface area contributed by atoms with E-state index in [-0.39, 0.29) is 12.7 Å². The average Bonchev–Trinajstić information content (AvgIpc) is 2.08. The molecular formula is C7H19O3P. The monoisotopic (exact) mass is 182 g/mol. The Balaban J connectivity index is 4.26. The maximum absolute atomic E-state index is 9.51. The van der Waals surface area contributed by atoms with Crippen molar-refractivity contribution in [3.05, 3.63) is 0 Å². The van der Waals surface area contributed by atoms with E-state index in [0.717, 1.165) is 6.16 Å². The molecule has 0 radical (unpaired) electrons. The number of aliphatic hydroxyl groups is 3. The van der Waals surface area contributed by atoms with Gasteiger partial charge in [-0.3, -0.25) is 0 Å². The van der Waals surface area contributed by atoms with Gasteiger partial charge in [0.25, 0.3) is 0 Å². The average molecular weight is 182 g/mol. The van der Waals surface area contributed by atoms with E-state index < -0.39 is 13.1 Å². The Kier molecular flexibility index (Phi) is 5.19. The Morgan fingerprint density at radius 2 is 1.64 bits per heavy atom. The van der Waals surface area contributed by atoms with Gasteiger partial charge in [0.05, 0.1) is 0 Å². The number of hydrogen-bond acceptors (Lipinski definition) is 3. The fourth-order valence-electron chi connectivity index (χ4n) is 1.15. The molecule has 0 aliphatic rings. The first kappa shape index (κ1) is 11.3. The van der Waals surface area contributed by atoms with Gasteiger partial charge < -0.3 is 0 Å². The second-order valence-corrected chi connectivity index (χ2v) is 7.69. The van der Waals surface area contributed by atoms with Crippen molar-refractivity contribution in [2.45, 2.75) is 26.1 Å². The molecule has 0 rings (SSSR count). The van der Waals surface area contributed by atoms with Crippen LogP contribution in [0.15, 0.2) is 0 Å². The molecule has 0 bridgehead atoms. The molecule has 1 atom stereocenters. The van der Waals surface area contributed by atoms with Crippen LogP contribution in [-0.4, -0.2) is 40.0 Å². The van der Waals surface area contributed by atoms with Crippen LogP contribution in [0, 0.1) is 0 Å². The van der Waals surface area contributed by atoms with Gasteiger partial charge in [0, 0.05) is 0 Å². The molecule has 0 aromatic carbocycles. The topological polar surface area (TPSA) is 60.7 Å². The summed E-state index contributed by atoms with van der Waals surface area (Å²) in [4.78, 5) is 0. The van der Waals surface area contributed by atoms with Gasteiger partial charge >= 0.3 is 67.6 Å². The van der Waals surface area contributed by atoms with Crippen LogP contribution < -0.4 is 0 Å². The number of aliphatic hydroxyl groups excluding tert-OH is 3. The molecule has 11 heavy (non-hydrogen) atoms. The fourth-order valence-corrected chi connectivity index (χ4v) is 3.46. The predicted molar refractivity (Wildman–Crippen MR) is 49.3 cm³/mol. The molecule has 0 fully saturated rings. The fraction of sp³-hybridized carbons (Fsp3) is 1.00. The van der Waals surface area contributed by atoms with Gasteiger partial charge in [0.15, 0.2) is 0 Å². The Bertz CT molecular complexity index is 95.6. The van der Waals surface area contributed by atoms with Crippen molar-refractivity contribution in [2.75, 3.05) is 18.9 Å². The van der Waals surface area contributed by atoms with Crippen LogP contribution in [0.25, 0.3) is 0 Å². The maximum atomic E-state index is 9.51. The Morgan fingerprint density at radius 3 is 1.73 bits per heavy atom. The van der Waals surface area contributed by atoms with E-state index in [0.29, 0.717) is 6.42 Å². The van der Waals surface area contributed by atoms with E-state index in [4.69, 9.17) is 10.2 Å². The molecule has 70 valence electrons. The van der Waals surface area contributed by atoms with E-state index in [1.165, 1.54) is 0 Å². The summed E-state index contributed by atoms with van der Waals surface area (Å²) in [7, 11) is -2.15. The summed E-state index contributed by atoms with van der Waals surface area (Å²) < 4.78 is 0. The summed E-state index contributed by atoms with van der Waals surface area (Å²) in [5, 5.41) is 27.5. The van der Waals surface area contributed by atoms with Crippen molar-refractivity contribution in [3.63, 3.8) is 0 Å². The van der Waals surface area contributed by atoms with Gasteiger partial charge in [-0.25, -0.2) is 0 Å². The van der Waals surface area contributed by atoms with Crippen LogP contribution >= 0.6 is 7.26 Å². The predicted octanol–water partition coefficient (Wildman–Crippen LogP) is 0.384. The molecule has 0 spiro atoms. The zero-order valence-corrected chi connectivity index (χ0v) is 8.25. The van der Waals surface area contributed by atoms with E-state index in [2.05, 4.69) is 0 Å². The van der Waals surface area contributed by atoms with Gasteiger partial charge in [0.2, 0.25) is 0 Å². The first-order valence-corrected chi connectivity index (χ1v) is 6.76. The van der Waals surface area contributed by atoms with Crippen molar-refractivity contribution in [1.29, 1.82) is 0 Å². The minimum atomic E-state index is -2.15. The second-order valence-electron chi connectivity index (χ2n) is 2.96. The Morgan fingerprint density at radius 1 is 1.18 bits per heavy atom. The third-order valence-corrected chi connectivity index (χ3v) is 6.92. The van der Waals surface area contributed by atoms with E-state index in [9.17, 15) is 5.11 Å². The van der Waals surface area contributed by atoms with Crippen molar-refractivity contribution in [1.82, 2.24) is 0 Å². The van der Waals surface area contributed by atoms with Gasteiger partial charge in [-0.1, -0.05) is 0 Å². The summed E-state index contributed by atoms with van der Waals surface area (Å²) in [6, 6.07) is 0. The van der Waals surface area contributed by atoms with Crippen molar-refractivity contribution < 1.29 is 15.3 Å². The Labute approximate surface area is 68.4 Å². The molecule has 0 aromatic rings. The van der Waals surface area contributed by atoms with Gasteiger partial charge in [-0.15, -0.1) is 0 Å². The number of hydrogen-bond donors (Lipinski definition) is 3. The van der Waals surface area contributed by atoms with Crippen LogP contribution in [0.1, 0.15) is 20.3 Å². The first-order valence-electron chi connectivity index (χ1n) is 4.06. The third-order valence-electron chi connectivity index (χ3n) is 2.43. The molecule has 0 saturated carbocycles. The van der Waals surface area contributed by atoms with Gasteiger partial charge in [0.1, 0.15) is 0 Å². The molecule has 0 heterocycles. The molecule has 0 aliphatic heterocycles. The number of rotatable bonds is 5. The van der Waals surface area contributed by atoms with Crippen LogP contribution in [-0.2, 0) is 0 Å². The quantitative estimate of drug-likeness (QED) is 0.539. The SMILES string of the molecule is CCC(O)[PH](CC)(CO)CO. The van der Waals surface area contributed by atoms with Crippen molar-refractivity contribution in [2.24, 2.45) is 0 Å². The molecule has 0 saturated heterocycles. The van der Waals surface area contributed by atoms with E-state index in [1.807, 2.05) is 13.8 Å². The minimum absolute atomic E-state index is 0.0188. The van der Waals surface area contributed by atoms with Crippen LogP contribution in [0.4, 0.5) is 0 Å². The molecule has 3 nitrogen and oxygen atoms in total. The van der Waals surface area contributed by atoms with Crippen LogP contribution in [0.5, 0.6) is 0 Å². The zero-order valence-electron chi connectivity index (χ0n) is 7.25. The second kappa shape index (κ2) is 5.04. The molecular weight excluding hydrogens is 163 g/mol. The molecule has 0 amide bonds. The van der Waals surface area contributed by atoms with Crippen LogP contribution in [0.2, 0.25) is 0 Å². The molecule has 0 aliphatic carbocycles. The Hall–Kier alpha value is 0.310. The van der Waals surface area contributed by atoms with E-state index >= 15 is 0 Å². The van der Waals surface area contributed by atoms with Crippen LogP contribution in [0.3, 0.4) is 0 Å². The molecule has 3 N–H and O–H groups in total. The molecule has 1 unspecified atom stereocenters. The standard InChI is InChI=1S/C7H19O3P/c1-3-7(10)11(4-2,5-8)6-9/h7-11H,3-6H2,1-2H3. The first-order chi connectivity index (χ1) is 5.16. The van der Waals surface area contributed by atoms with Crippen molar-refractivity contribution in [3.8, 4) is 0 Å². The van der Waals surface area contributed by atoms with E-state index in [1.54, 1.807) is 0 Å². The van der Waals surface area contributed by atoms with Gasteiger partial charge in [-0.2, -0.15) is 0 Å². The summed E-state index contributed by atoms with van der Waals surface area (Å²) in [5.74, 6) is -0.470. The van der Waals surface area contributed by atoms with Gasteiger partial charge in [-0.05, 0) is 0 Å². The molecule has 0 aromatic heterocycles. The van der Waals surface area contributed by atoms with Crippen molar-refractivity contribution >= 4 is 7.26 Å². The normalized spacial score (nSPS) is 16.5. The molecule has 4 heteroatoms. The zero-order chi connectivity index (χ0) is 8.91. The summed E-state index contributed by atoms with van der Waals surface area (Å²) >= 11 is 0. The summed E-state index contributed by atoms with van der Waals surface area (Å²) in [6.07, 6.45) is 1.32. The third kappa shape index (κ3) is 2.38. The summed E-state index contributed by atoms with van der Waals surface area (Å²) in [5.41, 5.74) is 0.